The summed E-state index contributed by atoms with van der Waals surface area (Å²) in [5.74, 6) is 0. The summed E-state index contributed by atoms with van der Waals surface area (Å²) in [5.41, 5.74) is 0. The second-order valence-electron chi connectivity index (χ2n) is 3.48. The van der Waals surface area contributed by atoms with Crippen molar-refractivity contribution in [3.63, 3.8) is 0 Å². The van der Waals surface area contributed by atoms with Gasteiger partial charge in [0.05, 0.1) is 0 Å². The number of hydrogen-bond acceptors (Lipinski definition) is 8. The molecule has 0 bridgehead atoms. The third kappa shape index (κ3) is 5.62. The van der Waals surface area contributed by atoms with Crippen LogP contribution in [0.3, 0.4) is 0 Å². The molecule has 0 unspecified atom stereocenters. The first-order chi connectivity index (χ1) is 8.72. The highest BCUT2D eigenvalue weighted by Crippen LogP contribution is 2.22. The molecule has 2 N–H and O–H groups in total. The lowest BCUT2D eigenvalue weighted by Crippen LogP contribution is -2.45. The maximum absolute atomic E-state index is 10.3. The predicted molar refractivity (Wildman–Crippen MR) is 68.2 cm³/mol. The summed E-state index contributed by atoms with van der Waals surface area (Å²) in [6, 6.07) is 0. The smallest absolute Gasteiger partial charge is 0.320 e. The highest BCUT2D eigenvalue weighted by Gasteiger charge is 2.43. The Balaban J connectivity index is 0.000000344. The van der Waals surface area contributed by atoms with Crippen LogP contribution in [0.4, 0.5) is 0 Å². The standard InChI is InChI=1S/C4H6BrNO4.C3H6BrNO4/c5-4(6(7)8)1-9-3-10-2-4;4-3(1-6,2-7)5(8)9/h1-3H2;6-7H,1-2H2. The molecule has 1 aliphatic rings. The number of aliphatic hydroxyl groups is 2. The summed E-state index contributed by atoms with van der Waals surface area (Å²) in [6.45, 7) is -1.20. The molecule has 0 saturated carbocycles. The van der Waals surface area contributed by atoms with E-state index >= 15 is 0 Å². The van der Waals surface area contributed by atoms with Crippen molar-refractivity contribution in [2.45, 2.75) is 8.90 Å². The topological polar surface area (TPSA) is 145 Å². The number of halogens is 2. The van der Waals surface area contributed by atoms with Gasteiger partial charge in [-0.1, -0.05) is 0 Å². The molecule has 0 aromatic rings. The van der Waals surface area contributed by atoms with Crippen molar-refractivity contribution in [2.24, 2.45) is 0 Å². The number of nitro groups is 2. The van der Waals surface area contributed by atoms with Crippen molar-refractivity contribution in [2.75, 3.05) is 33.2 Å². The number of rotatable bonds is 4. The van der Waals surface area contributed by atoms with Gasteiger partial charge in [0.25, 0.3) is 0 Å². The number of hydrogen-bond donors (Lipinski definition) is 2. The fourth-order valence-corrected chi connectivity index (χ4v) is 1.09. The van der Waals surface area contributed by atoms with Gasteiger partial charge in [-0.05, 0) is 0 Å². The maximum Gasteiger partial charge on any atom is 0.320 e. The second-order valence-corrected chi connectivity index (χ2v) is 6.43. The van der Waals surface area contributed by atoms with Crippen LogP contribution in [-0.4, -0.2) is 62.2 Å². The molecule has 1 heterocycles. The summed E-state index contributed by atoms with van der Waals surface area (Å²) in [5, 5.41) is 36.8. The minimum absolute atomic E-state index is 0.0556. The van der Waals surface area contributed by atoms with Crippen LogP contribution in [0.5, 0.6) is 0 Å². The fraction of sp³-hybridized carbons (Fsp3) is 1.00. The van der Waals surface area contributed by atoms with Crippen LogP contribution in [0.25, 0.3) is 0 Å². The Morgan fingerprint density at radius 2 is 1.63 bits per heavy atom. The Hall–Kier alpha value is -0.400. The van der Waals surface area contributed by atoms with E-state index in [2.05, 4.69) is 31.9 Å². The summed E-state index contributed by atoms with van der Waals surface area (Å²) in [4.78, 5) is 19.0. The third-order valence-electron chi connectivity index (χ3n) is 1.95. The molecule has 0 aromatic carbocycles. The molecule has 0 aromatic heterocycles. The zero-order valence-electron chi connectivity index (χ0n) is 9.53. The van der Waals surface area contributed by atoms with Crippen molar-refractivity contribution < 1.29 is 29.5 Å². The number of nitrogens with zero attached hydrogens (tertiary/aromatic N) is 2. The van der Waals surface area contributed by atoms with Crippen molar-refractivity contribution in [1.29, 1.82) is 0 Å². The quantitative estimate of drug-likeness (QED) is 0.277. The van der Waals surface area contributed by atoms with Crippen molar-refractivity contribution in [3.05, 3.63) is 20.2 Å². The van der Waals surface area contributed by atoms with E-state index in [0.717, 1.165) is 0 Å². The first-order valence-electron chi connectivity index (χ1n) is 4.76. The Labute approximate surface area is 124 Å². The van der Waals surface area contributed by atoms with Crippen molar-refractivity contribution in [3.8, 4) is 0 Å². The van der Waals surface area contributed by atoms with Gasteiger partial charge < -0.3 is 19.7 Å². The molecule has 10 nitrogen and oxygen atoms in total. The number of aliphatic hydroxyl groups excluding tert-OH is 2. The van der Waals surface area contributed by atoms with E-state index in [4.69, 9.17) is 19.7 Å². The van der Waals surface area contributed by atoms with Crippen molar-refractivity contribution in [1.82, 2.24) is 0 Å². The lowest BCUT2D eigenvalue weighted by molar-refractivity contribution is -0.552. The van der Waals surface area contributed by atoms with Crippen LogP contribution in [0, 0.1) is 20.2 Å². The highest BCUT2D eigenvalue weighted by molar-refractivity contribution is 9.10. The van der Waals surface area contributed by atoms with Crippen LogP contribution < -0.4 is 0 Å². The summed E-state index contributed by atoms with van der Waals surface area (Å²) < 4.78 is 6.47. The molecule has 0 amide bonds. The van der Waals surface area contributed by atoms with Gasteiger partial charge in [-0.2, -0.15) is 0 Å². The third-order valence-corrected chi connectivity index (χ3v) is 3.49. The molecule has 0 aliphatic carbocycles. The van der Waals surface area contributed by atoms with Crippen LogP contribution in [0.15, 0.2) is 0 Å². The summed E-state index contributed by atoms with van der Waals surface area (Å²) in [7, 11) is 0. The zero-order chi connectivity index (χ0) is 15.1. The Bertz CT molecular complexity index is 318. The zero-order valence-corrected chi connectivity index (χ0v) is 12.7. The minimum Gasteiger partial charge on any atom is -0.388 e. The molecule has 1 aliphatic heterocycles. The predicted octanol–water partition coefficient (Wildman–Crippen LogP) is -0.303. The largest absolute Gasteiger partial charge is 0.388 e. The Morgan fingerprint density at radius 3 is 1.79 bits per heavy atom. The lowest BCUT2D eigenvalue weighted by Gasteiger charge is -2.23. The molecule has 19 heavy (non-hydrogen) atoms. The van der Waals surface area contributed by atoms with Gasteiger partial charge in [-0.3, -0.25) is 20.2 Å². The number of ether oxygens (including phenoxy) is 2. The highest BCUT2D eigenvalue weighted by atomic mass is 79.9. The van der Waals surface area contributed by atoms with E-state index in [1.807, 2.05) is 0 Å². The van der Waals surface area contributed by atoms with Gasteiger partial charge >= 0.3 is 8.90 Å². The SMILES string of the molecule is O=[N+]([O-])C(Br)(CO)CO.O=[N+]([O-])C1(Br)COCOC1. The maximum atomic E-state index is 10.3. The number of alkyl halides is 2. The van der Waals surface area contributed by atoms with Crippen LogP contribution >= 0.6 is 31.9 Å². The van der Waals surface area contributed by atoms with Gasteiger partial charge in [0.2, 0.25) is 0 Å². The minimum atomic E-state index is -1.77. The van der Waals surface area contributed by atoms with E-state index in [9.17, 15) is 20.2 Å². The summed E-state index contributed by atoms with van der Waals surface area (Å²) in [6.07, 6.45) is 0. The van der Waals surface area contributed by atoms with E-state index < -0.39 is 32.0 Å². The molecule has 0 radical (unpaired) electrons. The van der Waals surface area contributed by atoms with Gasteiger partial charge in [0, 0.05) is 41.7 Å². The van der Waals surface area contributed by atoms with Gasteiger partial charge in [0.1, 0.15) is 33.2 Å². The second kappa shape index (κ2) is 8.01. The first-order valence-corrected chi connectivity index (χ1v) is 6.34. The van der Waals surface area contributed by atoms with Gasteiger partial charge in [-0.25, -0.2) is 0 Å². The molecular formula is C7H12Br2N2O8. The molecular weight excluding hydrogens is 400 g/mol. The van der Waals surface area contributed by atoms with Gasteiger partial charge in [-0.15, -0.1) is 0 Å². The molecule has 1 rings (SSSR count). The van der Waals surface area contributed by atoms with E-state index in [1.54, 1.807) is 0 Å². The van der Waals surface area contributed by atoms with E-state index in [1.165, 1.54) is 0 Å². The normalized spacial score (nSPS) is 18.1. The van der Waals surface area contributed by atoms with Crippen LogP contribution in [0.1, 0.15) is 0 Å². The average Bonchev–Trinajstić information content (AvgIpc) is 2.39. The molecule has 0 spiro atoms. The van der Waals surface area contributed by atoms with Crippen LogP contribution in [-0.2, 0) is 9.47 Å². The first kappa shape index (κ1) is 18.6. The Kier molecular flexibility index (Phi) is 7.85. The Morgan fingerprint density at radius 1 is 1.21 bits per heavy atom. The van der Waals surface area contributed by atoms with Crippen LogP contribution in [0.2, 0.25) is 0 Å². The molecule has 12 heteroatoms. The monoisotopic (exact) mass is 410 g/mol. The molecule has 112 valence electrons. The fourth-order valence-electron chi connectivity index (χ4n) is 0.768. The van der Waals surface area contributed by atoms with E-state index in [-0.39, 0.29) is 20.0 Å². The molecule has 1 saturated heterocycles. The summed E-state index contributed by atoms with van der Waals surface area (Å²) >= 11 is 5.46. The molecule has 0 atom stereocenters. The molecule has 1 fully saturated rings. The lowest BCUT2D eigenvalue weighted by atomic mass is 10.3. The van der Waals surface area contributed by atoms with E-state index in [0.29, 0.717) is 0 Å². The van der Waals surface area contributed by atoms with Gasteiger partial charge in [0.15, 0.2) is 0 Å². The average molecular weight is 412 g/mol. The van der Waals surface area contributed by atoms with Crippen molar-refractivity contribution >= 4 is 31.9 Å².